The number of hydrogen-bond acceptors (Lipinski definition) is 5. The molecule has 1 aromatic carbocycles. The number of nitrogens with zero attached hydrogens (tertiary/aromatic N) is 2. The van der Waals surface area contributed by atoms with Gasteiger partial charge in [-0.05, 0) is 36.1 Å². The van der Waals surface area contributed by atoms with E-state index in [1.54, 1.807) is 23.5 Å². The van der Waals surface area contributed by atoms with E-state index in [0.717, 1.165) is 38.2 Å². The van der Waals surface area contributed by atoms with Gasteiger partial charge in [-0.2, -0.15) is 0 Å². The van der Waals surface area contributed by atoms with Crippen molar-refractivity contribution in [3.8, 4) is 5.75 Å². The minimum atomic E-state index is 0.196. The van der Waals surface area contributed by atoms with Crippen molar-refractivity contribution in [1.82, 2.24) is 9.80 Å². The molecule has 0 aliphatic carbocycles. The molecule has 0 saturated carbocycles. The van der Waals surface area contributed by atoms with Gasteiger partial charge >= 0.3 is 0 Å². The van der Waals surface area contributed by atoms with Crippen LogP contribution in [0.15, 0.2) is 35.7 Å². The van der Waals surface area contributed by atoms with Gasteiger partial charge in [0.2, 0.25) is 0 Å². The molecule has 0 spiro atoms. The number of aliphatic hydroxyl groups is 1. The Morgan fingerprint density at radius 1 is 1.21 bits per heavy atom. The lowest BCUT2D eigenvalue weighted by Crippen LogP contribution is -2.52. The van der Waals surface area contributed by atoms with Gasteiger partial charge in [0, 0.05) is 60.8 Å². The van der Waals surface area contributed by atoms with Gasteiger partial charge in [-0.15, -0.1) is 11.3 Å². The molecule has 1 fully saturated rings. The normalized spacial score (nSPS) is 19.7. The highest BCUT2D eigenvalue weighted by Crippen LogP contribution is 2.25. The van der Waals surface area contributed by atoms with E-state index in [9.17, 15) is 10.2 Å². The lowest BCUT2D eigenvalue weighted by atomic mass is 10.1. The van der Waals surface area contributed by atoms with Crippen LogP contribution in [-0.2, 0) is 13.1 Å². The summed E-state index contributed by atoms with van der Waals surface area (Å²) >= 11 is 7.82. The van der Waals surface area contributed by atoms with Crippen molar-refractivity contribution < 1.29 is 10.2 Å². The quantitative estimate of drug-likeness (QED) is 0.824. The number of phenols is 1. The third-order valence-electron chi connectivity index (χ3n) is 4.53. The fourth-order valence-electron chi connectivity index (χ4n) is 3.26. The van der Waals surface area contributed by atoms with Gasteiger partial charge in [0.15, 0.2) is 0 Å². The average molecular weight is 367 g/mol. The summed E-state index contributed by atoms with van der Waals surface area (Å²) in [6.07, 6.45) is 0.767. The van der Waals surface area contributed by atoms with Crippen LogP contribution in [0.1, 0.15) is 16.9 Å². The van der Waals surface area contributed by atoms with Crippen LogP contribution in [0, 0.1) is 0 Å². The molecule has 3 rings (SSSR count). The number of phenolic OH excluding ortho intramolecular Hbond substituents is 1. The summed E-state index contributed by atoms with van der Waals surface area (Å²) in [6, 6.07) is 9.75. The van der Waals surface area contributed by atoms with E-state index in [1.165, 1.54) is 4.88 Å². The first-order chi connectivity index (χ1) is 11.7. The Labute approximate surface area is 151 Å². The maximum absolute atomic E-state index is 10.0. The molecule has 0 radical (unpaired) electrons. The second-order valence-corrected chi connectivity index (χ2v) is 7.69. The van der Waals surface area contributed by atoms with Gasteiger partial charge in [0.05, 0.1) is 0 Å². The Balaban J connectivity index is 1.64. The maximum atomic E-state index is 10.0. The van der Waals surface area contributed by atoms with Gasteiger partial charge in [0.1, 0.15) is 5.75 Å². The van der Waals surface area contributed by atoms with Gasteiger partial charge < -0.3 is 10.2 Å². The molecule has 1 atom stereocenters. The van der Waals surface area contributed by atoms with E-state index < -0.39 is 0 Å². The fourth-order valence-corrected chi connectivity index (χ4v) is 4.18. The number of rotatable bonds is 6. The summed E-state index contributed by atoms with van der Waals surface area (Å²) in [5.41, 5.74) is 0.858. The number of aromatic hydroxyl groups is 1. The van der Waals surface area contributed by atoms with Crippen molar-refractivity contribution in [2.75, 3.05) is 26.2 Å². The number of hydrogen-bond donors (Lipinski definition) is 2. The lowest BCUT2D eigenvalue weighted by molar-refractivity contribution is 0.0503. The summed E-state index contributed by atoms with van der Waals surface area (Å²) in [4.78, 5) is 6.14. The molecule has 130 valence electrons. The predicted molar refractivity (Wildman–Crippen MR) is 98.6 cm³/mol. The zero-order valence-electron chi connectivity index (χ0n) is 13.6. The van der Waals surface area contributed by atoms with Crippen LogP contribution in [0.25, 0.3) is 0 Å². The zero-order valence-corrected chi connectivity index (χ0v) is 15.1. The number of aliphatic hydroxyl groups excluding tert-OH is 1. The molecule has 6 heteroatoms. The Morgan fingerprint density at radius 3 is 2.83 bits per heavy atom. The molecule has 1 aliphatic heterocycles. The van der Waals surface area contributed by atoms with Gasteiger partial charge in [-0.1, -0.05) is 17.7 Å². The Kier molecular flexibility index (Phi) is 6.14. The smallest absolute Gasteiger partial charge is 0.120 e. The van der Waals surface area contributed by atoms with Crippen LogP contribution in [0.3, 0.4) is 0 Å². The molecule has 4 nitrogen and oxygen atoms in total. The summed E-state index contributed by atoms with van der Waals surface area (Å²) in [5, 5.41) is 22.2. The number of thiophene rings is 1. The first kappa shape index (κ1) is 17.7. The van der Waals surface area contributed by atoms with Crippen LogP contribution in [0.4, 0.5) is 0 Å². The van der Waals surface area contributed by atoms with Crippen molar-refractivity contribution in [3.63, 3.8) is 0 Å². The molecule has 0 amide bonds. The summed E-state index contributed by atoms with van der Waals surface area (Å²) in [5.74, 6) is 0.291. The van der Waals surface area contributed by atoms with Crippen LogP contribution in [0.2, 0.25) is 5.02 Å². The number of halogens is 1. The fraction of sp³-hybridized carbons (Fsp3) is 0.444. The van der Waals surface area contributed by atoms with E-state index in [-0.39, 0.29) is 6.61 Å². The van der Waals surface area contributed by atoms with Crippen molar-refractivity contribution in [3.05, 3.63) is 51.2 Å². The van der Waals surface area contributed by atoms with Crippen LogP contribution in [-0.4, -0.2) is 52.3 Å². The first-order valence-electron chi connectivity index (χ1n) is 8.22. The zero-order chi connectivity index (χ0) is 16.9. The van der Waals surface area contributed by atoms with E-state index in [0.29, 0.717) is 23.4 Å². The molecule has 1 saturated heterocycles. The largest absolute Gasteiger partial charge is 0.508 e. The second kappa shape index (κ2) is 8.32. The summed E-state index contributed by atoms with van der Waals surface area (Å²) < 4.78 is 0. The summed E-state index contributed by atoms with van der Waals surface area (Å²) in [7, 11) is 0. The van der Waals surface area contributed by atoms with E-state index in [2.05, 4.69) is 27.3 Å². The molecule has 24 heavy (non-hydrogen) atoms. The highest BCUT2D eigenvalue weighted by Gasteiger charge is 2.27. The molecule has 2 N–H and O–H groups in total. The molecular weight excluding hydrogens is 344 g/mol. The highest BCUT2D eigenvalue weighted by atomic mass is 35.5. The van der Waals surface area contributed by atoms with E-state index in [1.807, 2.05) is 6.07 Å². The third kappa shape index (κ3) is 4.49. The average Bonchev–Trinajstić information content (AvgIpc) is 3.07. The van der Waals surface area contributed by atoms with Crippen molar-refractivity contribution in [2.24, 2.45) is 0 Å². The second-order valence-electron chi connectivity index (χ2n) is 6.22. The SMILES string of the molecule is OCC[C@H]1CN(Cc2cc(Cl)ccc2O)CCN1Cc1cccs1. The lowest BCUT2D eigenvalue weighted by Gasteiger charge is -2.41. The molecule has 1 aliphatic rings. The Bertz CT molecular complexity index is 650. The predicted octanol–water partition coefficient (Wildman–Crippen LogP) is 3.18. The Morgan fingerprint density at radius 2 is 2.08 bits per heavy atom. The standard InChI is InChI=1S/C18H23ClN2O2S/c19-15-3-4-18(23)14(10-15)11-20-6-7-21(16(12-20)5-8-22)13-17-2-1-9-24-17/h1-4,9-10,16,22-23H,5-8,11-13H2/t16-/m0/s1. The van der Waals surface area contributed by atoms with E-state index >= 15 is 0 Å². The maximum Gasteiger partial charge on any atom is 0.120 e. The van der Waals surface area contributed by atoms with Crippen LogP contribution >= 0.6 is 22.9 Å². The molecule has 2 aromatic rings. The first-order valence-corrected chi connectivity index (χ1v) is 9.48. The molecule has 2 heterocycles. The van der Waals surface area contributed by atoms with Crippen molar-refractivity contribution >= 4 is 22.9 Å². The monoisotopic (exact) mass is 366 g/mol. The minimum absolute atomic E-state index is 0.196. The highest BCUT2D eigenvalue weighted by molar-refractivity contribution is 7.09. The molecule has 0 unspecified atom stereocenters. The number of piperazine rings is 1. The van der Waals surface area contributed by atoms with Gasteiger partial charge in [-0.3, -0.25) is 9.80 Å². The van der Waals surface area contributed by atoms with Crippen LogP contribution in [0.5, 0.6) is 5.75 Å². The molecule has 1 aromatic heterocycles. The third-order valence-corrected chi connectivity index (χ3v) is 5.62. The molecule has 0 bridgehead atoms. The van der Waals surface area contributed by atoms with Gasteiger partial charge in [-0.25, -0.2) is 0 Å². The van der Waals surface area contributed by atoms with E-state index in [4.69, 9.17) is 11.6 Å². The number of benzene rings is 1. The van der Waals surface area contributed by atoms with Crippen molar-refractivity contribution in [2.45, 2.75) is 25.6 Å². The molecular formula is C18H23ClN2O2S. The van der Waals surface area contributed by atoms with Crippen molar-refractivity contribution in [1.29, 1.82) is 0 Å². The van der Waals surface area contributed by atoms with Gasteiger partial charge in [0.25, 0.3) is 0 Å². The topological polar surface area (TPSA) is 46.9 Å². The summed E-state index contributed by atoms with van der Waals surface area (Å²) in [6.45, 7) is 4.61. The minimum Gasteiger partial charge on any atom is -0.508 e. The van der Waals surface area contributed by atoms with Crippen LogP contribution < -0.4 is 0 Å². The Hall–Kier alpha value is -1.11.